The summed E-state index contributed by atoms with van der Waals surface area (Å²) in [5.41, 5.74) is 1.74. The fraction of sp³-hybridized carbons (Fsp3) is 0.368. The molecule has 128 valence electrons. The number of amides is 1. The van der Waals surface area contributed by atoms with Crippen molar-refractivity contribution in [3.63, 3.8) is 0 Å². The summed E-state index contributed by atoms with van der Waals surface area (Å²) in [4.78, 5) is 16.7. The van der Waals surface area contributed by atoms with Crippen LogP contribution in [0.1, 0.15) is 42.1 Å². The number of aliphatic hydroxyl groups excluding tert-OH is 1. The zero-order valence-electron chi connectivity index (χ0n) is 14.1. The number of thioether (sulfide) groups is 1. The SMILES string of the molecule is CCSc1cc(C(=O)NCC(CC(C)O)c2ccccc2)ccn1. The zero-order chi connectivity index (χ0) is 17.4. The highest BCUT2D eigenvalue weighted by atomic mass is 32.2. The molecule has 1 amide bonds. The molecule has 0 bridgehead atoms. The van der Waals surface area contributed by atoms with Gasteiger partial charge in [0.25, 0.3) is 5.91 Å². The number of pyridine rings is 1. The summed E-state index contributed by atoms with van der Waals surface area (Å²) in [6.45, 7) is 4.32. The Morgan fingerprint density at radius 3 is 2.71 bits per heavy atom. The molecule has 2 unspecified atom stereocenters. The number of aromatic nitrogens is 1. The number of benzene rings is 1. The van der Waals surface area contributed by atoms with Crippen LogP contribution in [-0.2, 0) is 0 Å². The van der Waals surface area contributed by atoms with Crippen LogP contribution in [0.15, 0.2) is 53.7 Å². The molecule has 2 atom stereocenters. The molecule has 4 nitrogen and oxygen atoms in total. The van der Waals surface area contributed by atoms with Crippen molar-refractivity contribution in [1.29, 1.82) is 0 Å². The third-order valence-electron chi connectivity index (χ3n) is 3.69. The Kier molecular flexibility index (Phi) is 7.28. The number of carbonyl (C=O) groups is 1. The third-order valence-corrected chi connectivity index (χ3v) is 4.50. The van der Waals surface area contributed by atoms with Gasteiger partial charge in [-0.3, -0.25) is 4.79 Å². The standard InChI is InChI=1S/C19H24N2O2S/c1-3-24-18-12-16(9-10-20-18)19(23)21-13-17(11-14(2)22)15-7-5-4-6-8-15/h4-10,12,14,17,22H,3,11,13H2,1-2H3,(H,21,23). The van der Waals surface area contributed by atoms with Gasteiger partial charge in [0.2, 0.25) is 0 Å². The maximum Gasteiger partial charge on any atom is 0.251 e. The fourth-order valence-electron chi connectivity index (χ4n) is 2.57. The number of hydrogen-bond acceptors (Lipinski definition) is 4. The Hall–Kier alpha value is -1.85. The van der Waals surface area contributed by atoms with Gasteiger partial charge in [-0.2, -0.15) is 0 Å². The van der Waals surface area contributed by atoms with Crippen LogP contribution >= 0.6 is 11.8 Å². The quantitative estimate of drug-likeness (QED) is 0.720. The lowest BCUT2D eigenvalue weighted by atomic mass is 9.93. The largest absolute Gasteiger partial charge is 0.393 e. The van der Waals surface area contributed by atoms with E-state index in [9.17, 15) is 9.90 Å². The van der Waals surface area contributed by atoms with E-state index in [0.717, 1.165) is 16.3 Å². The van der Waals surface area contributed by atoms with Gasteiger partial charge >= 0.3 is 0 Å². The van der Waals surface area contributed by atoms with Gasteiger partial charge in [-0.05, 0) is 36.8 Å². The van der Waals surface area contributed by atoms with E-state index < -0.39 is 6.10 Å². The third kappa shape index (κ3) is 5.65. The maximum atomic E-state index is 12.4. The summed E-state index contributed by atoms with van der Waals surface area (Å²) >= 11 is 1.61. The summed E-state index contributed by atoms with van der Waals surface area (Å²) in [5, 5.41) is 13.6. The molecule has 2 rings (SSSR count). The van der Waals surface area contributed by atoms with Crippen LogP contribution in [0.3, 0.4) is 0 Å². The van der Waals surface area contributed by atoms with E-state index in [-0.39, 0.29) is 11.8 Å². The van der Waals surface area contributed by atoms with Gasteiger partial charge in [0.15, 0.2) is 0 Å². The highest BCUT2D eigenvalue weighted by Gasteiger charge is 2.16. The van der Waals surface area contributed by atoms with Gasteiger partial charge in [-0.25, -0.2) is 4.98 Å². The van der Waals surface area contributed by atoms with Crippen LogP contribution in [0.4, 0.5) is 0 Å². The lowest BCUT2D eigenvalue weighted by molar-refractivity contribution is 0.0945. The molecule has 1 aromatic heterocycles. The van der Waals surface area contributed by atoms with E-state index in [1.165, 1.54) is 0 Å². The minimum absolute atomic E-state index is 0.0847. The number of aliphatic hydroxyl groups is 1. The average molecular weight is 344 g/mol. The van der Waals surface area contributed by atoms with Gasteiger partial charge in [0, 0.05) is 24.2 Å². The topological polar surface area (TPSA) is 62.2 Å². The van der Waals surface area contributed by atoms with Crippen molar-refractivity contribution in [3.05, 3.63) is 59.8 Å². The van der Waals surface area contributed by atoms with Crippen LogP contribution in [0, 0.1) is 0 Å². The van der Waals surface area contributed by atoms with E-state index >= 15 is 0 Å². The van der Waals surface area contributed by atoms with E-state index in [1.54, 1.807) is 30.9 Å². The minimum Gasteiger partial charge on any atom is -0.393 e. The smallest absolute Gasteiger partial charge is 0.251 e. The van der Waals surface area contributed by atoms with Crippen molar-refractivity contribution in [2.45, 2.75) is 37.3 Å². The van der Waals surface area contributed by atoms with Crippen molar-refractivity contribution in [2.24, 2.45) is 0 Å². The van der Waals surface area contributed by atoms with E-state index in [0.29, 0.717) is 18.5 Å². The molecule has 1 heterocycles. The fourth-order valence-corrected chi connectivity index (χ4v) is 3.21. The van der Waals surface area contributed by atoms with Crippen molar-refractivity contribution in [2.75, 3.05) is 12.3 Å². The minimum atomic E-state index is -0.416. The molecule has 0 aliphatic carbocycles. The molecule has 2 aromatic rings. The molecule has 24 heavy (non-hydrogen) atoms. The van der Waals surface area contributed by atoms with Gasteiger partial charge in [-0.1, -0.05) is 37.3 Å². The molecule has 2 N–H and O–H groups in total. The molecule has 1 aromatic carbocycles. The Labute approximate surface area is 147 Å². The van der Waals surface area contributed by atoms with Gasteiger partial charge in [-0.15, -0.1) is 11.8 Å². The predicted molar refractivity (Wildman–Crippen MR) is 98.4 cm³/mol. The summed E-state index contributed by atoms with van der Waals surface area (Å²) in [7, 11) is 0. The summed E-state index contributed by atoms with van der Waals surface area (Å²) in [6.07, 6.45) is 1.86. The molecule has 0 fully saturated rings. The van der Waals surface area contributed by atoms with Crippen LogP contribution in [0.2, 0.25) is 0 Å². The van der Waals surface area contributed by atoms with Crippen LogP contribution in [0.25, 0.3) is 0 Å². The zero-order valence-corrected chi connectivity index (χ0v) is 14.9. The molecule has 0 saturated heterocycles. The van der Waals surface area contributed by atoms with Crippen molar-refractivity contribution in [1.82, 2.24) is 10.3 Å². The molecule has 0 aliphatic rings. The molecule has 0 saturated carbocycles. The van der Waals surface area contributed by atoms with Crippen molar-refractivity contribution >= 4 is 17.7 Å². The Bertz CT molecular complexity index is 647. The Balaban J connectivity index is 2.03. The van der Waals surface area contributed by atoms with E-state index in [1.807, 2.05) is 36.4 Å². The summed E-state index contributed by atoms with van der Waals surface area (Å²) in [5.74, 6) is 0.895. The monoisotopic (exact) mass is 344 g/mol. The van der Waals surface area contributed by atoms with Crippen molar-refractivity contribution < 1.29 is 9.90 Å². The molecular weight excluding hydrogens is 320 g/mol. The first-order valence-electron chi connectivity index (χ1n) is 8.20. The first-order valence-corrected chi connectivity index (χ1v) is 9.18. The normalized spacial score (nSPS) is 13.3. The molecule has 0 radical (unpaired) electrons. The lowest BCUT2D eigenvalue weighted by Crippen LogP contribution is -2.29. The molecule has 0 spiro atoms. The molecule has 5 heteroatoms. The van der Waals surface area contributed by atoms with Crippen molar-refractivity contribution in [3.8, 4) is 0 Å². The van der Waals surface area contributed by atoms with Crippen LogP contribution in [0.5, 0.6) is 0 Å². The first kappa shape index (κ1) is 18.5. The number of nitrogens with one attached hydrogen (secondary N) is 1. The number of carbonyl (C=O) groups excluding carboxylic acids is 1. The first-order chi connectivity index (χ1) is 11.6. The Morgan fingerprint density at radius 2 is 2.04 bits per heavy atom. The molecule has 0 aliphatic heterocycles. The van der Waals surface area contributed by atoms with Crippen LogP contribution in [-0.4, -0.2) is 34.4 Å². The number of nitrogens with zero attached hydrogens (tertiary/aromatic N) is 1. The Morgan fingerprint density at radius 1 is 1.29 bits per heavy atom. The highest BCUT2D eigenvalue weighted by Crippen LogP contribution is 2.21. The second-order valence-corrected chi connectivity index (χ2v) is 7.00. The number of hydrogen-bond donors (Lipinski definition) is 2. The van der Waals surface area contributed by atoms with E-state index in [2.05, 4.69) is 17.2 Å². The van der Waals surface area contributed by atoms with Crippen LogP contribution < -0.4 is 5.32 Å². The number of rotatable bonds is 8. The second kappa shape index (κ2) is 9.45. The maximum absolute atomic E-state index is 12.4. The average Bonchev–Trinajstić information content (AvgIpc) is 2.59. The summed E-state index contributed by atoms with van der Waals surface area (Å²) in [6, 6.07) is 13.5. The van der Waals surface area contributed by atoms with Gasteiger partial charge in [0.05, 0.1) is 11.1 Å². The highest BCUT2D eigenvalue weighted by molar-refractivity contribution is 7.99. The van der Waals surface area contributed by atoms with E-state index in [4.69, 9.17) is 0 Å². The second-order valence-electron chi connectivity index (χ2n) is 5.72. The lowest BCUT2D eigenvalue weighted by Gasteiger charge is -2.19. The molecular formula is C19H24N2O2S. The predicted octanol–water partition coefficient (Wildman–Crippen LogP) is 3.48. The summed E-state index contributed by atoms with van der Waals surface area (Å²) < 4.78 is 0. The van der Waals surface area contributed by atoms with Gasteiger partial charge < -0.3 is 10.4 Å². The van der Waals surface area contributed by atoms with Gasteiger partial charge in [0.1, 0.15) is 0 Å².